The van der Waals surface area contributed by atoms with Gasteiger partial charge in [0.25, 0.3) is 0 Å². The molecule has 1 saturated heterocycles. The lowest BCUT2D eigenvalue weighted by Crippen LogP contribution is -2.40. The summed E-state index contributed by atoms with van der Waals surface area (Å²) in [6, 6.07) is 1.48. The van der Waals surface area contributed by atoms with Gasteiger partial charge in [-0.3, -0.25) is 0 Å². The second-order valence-electron chi connectivity index (χ2n) is 8.29. The van der Waals surface area contributed by atoms with Crippen molar-refractivity contribution in [1.29, 1.82) is 0 Å². The minimum absolute atomic E-state index is 0.0896. The SMILES string of the molecule is C=CCCC1(C)CCN(c2c(C(O)C(=O)OC)c(C)cn3nc(C(=O)O)cc23)CC1. The van der Waals surface area contributed by atoms with Gasteiger partial charge in [0.1, 0.15) is 0 Å². The minimum atomic E-state index is -1.47. The van der Waals surface area contributed by atoms with E-state index in [9.17, 15) is 19.8 Å². The van der Waals surface area contributed by atoms with E-state index in [1.165, 1.54) is 17.7 Å². The standard InChI is InChI=1S/C22H29N3O5/c1-5-6-7-22(3)8-10-24(11-9-22)18-16-12-15(20(27)28)23-25(16)13-14(2)17(18)19(26)21(29)30-4/h5,12-13,19,26H,1,6-11H2,2-4H3,(H,27,28). The smallest absolute Gasteiger partial charge is 0.356 e. The normalized spacial score (nSPS) is 17.0. The van der Waals surface area contributed by atoms with Gasteiger partial charge in [0.15, 0.2) is 11.8 Å². The van der Waals surface area contributed by atoms with E-state index in [1.54, 1.807) is 13.1 Å². The molecular formula is C22H29N3O5. The number of aromatic carboxylic acids is 1. The summed E-state index contributed by atoms with van der Waals surface area (Å²) in [6.45, 7) is 9.30. The molecule has 2 N–H and O–H groups in total. The number of aliphatic hydroxyl groups is 1. The highest BCUT2D eigenvalue weighted by Gasteiger charge is 2.34. The molecule has 30 heavy (non-hydrogen) atoms. The first-order chi connectivity index (χ1) is 14.2. The number of carboxylic acids is 1. The van der Waals surface area contributed by atoms with Crippen LogP contribution in [-0.2, 0) is 9.53 Å². The van der Waals surface area contributed by atoms with Crippen molar-refractivity contribution in [3.05, 3.63) is 41.7 Å². The number of carboxylic acid groups (broad SMARTS) is 1. The zero-order valence-electron chi connectivity index (χ0n) is 17.7. The van der Waals surface area contributed by atoms with Gasteiger partial charge in [-0.15, -0.1) is 6.58 Å². The molecule has 0 radical (unpaired) electrons. The number of nitrogens with zero attached hydrogens (tertiary/aromatic N) is 3. The van der Waals surface area contributed by atoms with E-state index >= 15 is 0 Å². The third kappa shape index (κ3) is 4.05. The Morgan fingerprint density at radius 3 is 2.63 bits per heavy atom. The van der Waals surface area contributed by atoms with Crippen LogP contribution < -0.4 is 4.90 Å². The number of aromatic nitrogens is 2. The Hall–Kier alpha value is -2.87. The van der Waals surface area contributed by atoms with Gasteiger partial charge in [-0.25, -0.2) is 14.1 Å². The van der Waals surface area contributed by atoms with Crippen LogP contribution in [0.2, 0.25) is 0 Å². The lowest BCUT2D eigenvalue weighted by atomic mass is 9.76. The molecule has 0 aliphatic carbocycles. The number of anilines is 1. The van der Waals surface area contributed by atoms with Crippen LogP contribution in [0.1, 0.15) is 60.3 Å². The van der Waals surface area contributed by atoms with Crippen molar-refractivity contribution in [2.45, 2.75) is 45.6 Å². The maximum atomic E-state index is 12.2. The van der Waals surface area contributed by atoms with E-state index in [1.807, 2.05) is 6.08 Å². The molecule has 8 heteroatoms. The number of hydrogen-bond donors (Lipinski definition) is 2. The average Bonchev–Trinajstić information content (AvgIpc) is 3.15. The summed E-state index contributed by atoms with van der Waals surface area (Å²) >= 11 is 0. The first kappa shape index (κ1) is 21.8. The Morgan fingerprint density at radius 2 is 2.07 bits per heavy atom. The van der Waals surface area contributed by atoms with Crippen LogP contribution in [0.4, 0.5) is 5.69 Å². The van der Waals surface area contributed by atoms with Gasteiger partial charge < -0.3 is 19.8 Å². The van der Waals surface area contributed by atoms with Gasteiger partial charge in [-0.1, -0.05) is 13.0 Å². The van der Waals surface area contributed by atoms with Crippen molar-refractivity contribution in [2.75, 3.05) is 25.1 Å². The van der Waals surface area contributed by atoms with Crippen LogP contribution in [0.5, 0.6) is 0 Å². The molecule has 162 valence electrons. The van der Waals surface area contributed by atoms with Crippen LogP contribution in [0, 0.1) is 12.3 Å². The number of methoxy groups -OCH3 is 1. The van der Waals surface area contributed by atoms with Crippen LogP contribution in [0.25, 0.3) is 5.52 Å². The first-order valence-corrected chi connectivity index (χ1v) is 10.1. The predicted molar refractivity (Wildman–Crippen MR) is 113 cm³/mol. The summed E-state index contributed by atoms with van der Waals surface area (Å²) in [5, 5.41) is 24.3. The Balaban J connectivity index is 2.09. The fraction of sp³-hybridized carbons (Fsp3) is 0.500. The van der Waals surface area contributed by atoms with E-state index in [0.29, 0.717) is 22.3 Å². The number of aryl methyl sites for hydroxylation is 1. The number of piperidine rings is 1. The van der Waals surface area contributed by atoms with Crippen molar-refractivity contribution < 1.29 is 24.5 Å². The molecule has 8 nitrogen and oxygen atoms in total. The third-order valence-corrected chi connectivity index (χ3v) is 6.13. The third-order valence-electron chi connectivity index (χ3n) is 6.13. The van der Waals surface area contributed by atoms with E-state index < -0.39 is 18.0 Å². The molecule has 0 aromatic carbocycles. The summed E-state index contributed by atoms with van der Waals surface area (Å²) in [5.74, 6) is -1.89. The number of carbonyl (C=O) groups excluding carboxylic acids is 1. The van der Waals surface area contributed by atoms with E-state index in [0.717, 1.165) is 38.8 Å². The molecule has 1 unspecified atom stereocenters. The van der Waals surface area contributed by atoms with Crippen LogP contribution in [0.3, 0.4) is 0 Å². The van der Waals surface area contributed by atoms with Crippen LogP contribution >= 0.6 is 0 Å². The van der Waals surface area contributed by atoms with Crippen LogP contribution in [-0.4, -0.2) is 52.0 Å². The Labute approximate surface area is 175 Å². The monoisotopic (exact) mass is 415 g/mol. The summed E-state index contributed by atoms with van der Waals surface area (Å²) in [6.07, 6.45) is 6.00. The van der Waals surface area contributed by atoms with Crippen molar-refractivity contribution in [1.82, 2.24) is 9.61 Å². The van der Waals surface area contributed by atoms with E-state index in [4.69, 9.17) is 4.74 Å². The molecule has 0 amide bonds. The van der Waals surface area contributed by atoms with E-state index in [2.05, 4.69) is 23.5 Å². The highest BCUT2D eigenvalue weighted by molar-refractivity contribution is 5.91. The molecule has 0 spiro atoms. The molecule has 0 bridgehead atoms. The predicted octanol–water partition coefficient (Wildman–Crippen LogP) is 3.12. The van der Waals surface area contributed by atoms with Gasteiger partial charge in [0.2, 0.25) is 0 Å². The average molecular weight is 415 g/mol. The molecule has 1 aliphatic heterocycles. The Kier molecular flexibility index (Phi) is 6.17. The molecule has 3 heterocycles. The number of aliphatic hydroxyl groups excluding tert-OH is 1. The molecule has 2 aromatic rings. The zero-order valence-corrected chi connectivity index (χ0v) is 17.7. The van der Waals surface area contributed by atoms with Gasteiger partial charge in [-0.2, -0.15) is 5.10 Å². The quantitative estimate of drug-likeness (QED) is 0.529. The molecular weight excluding hydrogens is 386 g/mol. The number of carbonyl (C=O) groups is 2. The van der Waals surface area contributed by atoms with Gasteiger partial charge in [0, 0.05) is 30.9 Å². The minimum Gasteiger partial charge on any atom is -0.476 e. The summed E-state index contributed by atoms with van der Waals surface area (Å²) < 4.78 is 6.27. The number of rotatable bonds is 7. The highest BCUT2D eigenvalue weighted by Crippen LogP contribution is 2.41. The maximum absolute atomic E-state index is 12.2. The lowest BCUT2D eigenvalue weighted by molar-refractivity contribution is -0.150. The number of fused-ring (bicyclic) bond motifs is 1. The van der Waals surface area contributed by atoms with Crippen molar-refractivity contribution in [2.24, 2.45) is 5.41 Å². The fourth-order valence-corrected chi connectivity index (χ4v) is 4.23. The number of hydrogen-bond acceptors (Lipinski definition) is 6. The molecule has 1 atom stereocenters. The zero-order chi connectivity index (χ0) is 22.1. The molecule has 1 fully saturated rings. The second-order valence-corrected chi connectivity index (χ2v) is 8.29. The molecule has 0 saturated carbocycles. The highest BCUT2D eigenvalue weighted by atomic mass is 16.5. The number of pyridine rings is 1. The topological polar surface area (TPSA) is 104 Å². The van der Waals surface area contributed by atoms with Gasteiger partial charge in [-0.05, 0) is 43.6 Å². The number of ether oxygens (including phenoxy) is 1. The van der Waals surface area contributed by atoms with Crippen molar-refractivity contribution in [3.63, 3.8) is 0 Å². The first-order valence-electron chi connectivity index (χ1n) is 10.1. The number of esters is 1. The summed E-state index contributed by atoms with van der Waals surface area (Å²) in [7, 11) is 1.23. The van der Waals surface area contributed by atoms with E-state index in [-0.39, 0.29) is 11.1 Å². The van der Waals surface area contributed by atoms with Gasteiger partial charge in [0.05, 0.1) is 18.3 Å². The summed E-state index contributed by atoms with van der Waals surface area (Å²) in [4.78, 5) is 25.8. The number of allylic oxidation sites excluding steroid dienone is 1. The lowest BCUT2D eigenvalue weighted by Gasteiger charge is -2.41. The summed E-state index contributed by atoms with van der Waals surface area (Å²) in [5.41, 5.74) is 2.35. The second kappa shape index (κ2) is 8.47. The fourth-order valence-electron chi connectivity index (χ4n) is 4.23. The molecule has 2 aromatic heterocycles. The Morgan fingerprint density at radius 1 is 1.40 bits per heavy atom. The van der Waals surface area contributed by atoms with Crippen LogP contribution in [0.15, 0.2) is 24.9 Å². The maximum Gasteiger partial charge on any atom is 0.356 e. The van der Waals surface area contributed by atoms with Crippen molar-refractivity contribution >= 4 is 23.1 Å². The molecule has 1 aliphatic rings. The van der Waals surface area contributed by atoms with Gasteiger partial charge >= 0.3 is 11.9 Å². The molecule has 3 rings (SSSR count). The van der Waals surface area contributed by atoms with Crippen molar-refractivity contribution in [3.8, 4) is 0 Å². The Bertz CT molecular complexity index is 973. The largest absolute Gasteiger partial charge is 0.476 e.